The molecule has 0 aromatic heterocycles. The van der Waals surface area contributed by atoms with Crippen LogP contribution in [0.5, 0.6) is 0 Å². The number of rotatable bonds is 4. The molecule has 1 unspecified atom stereocenters. The summed E-state index contributed by atoms with van der Waals surface area (Å²) < 4.78 is 6.12. The smallest absolute Gasteiger partial charge is 0.253 e. The van der Waals surface area contributed by atoms with Crippen LogP contribution in [0.1, 0.15) is 24.5 Å². The zero-order valence-electron chi connectivity index (χ0n) is 13.5. The van der Waals surface area contributed by atoms with Gasteiger partial charge in [-0.3, -0.25) is 4.79 Å². The molecule has 2 aromatic rings. The molecule has 0 saturated heterocycles. The number of fused-ring (bicyclic) bond motifs is 1. The van der Waals surface area contributed by atoms with Gasteiger partial charge in [0.15, 0.2) is 0 Å². The lowest BCUT2D eigenvalue weighted by atomic mass is 9.86. The molecule has 3 rings (SSSR count). The van der Waals surface area contributed by atoms with E-state index in [4.69, 9.17) is 16.3 Å². The van der Waals surface area contributed by atoms with Gasteiger partial charge in [-0.1, -0.05) is 57.9 Å². The van der Waals surface area contributed by atoms with Crippen LogP contribution in [0.25, 0.3) is 0 Å². The maximum atomic E-state index is 12.6. The molecule has 2 aromatic carbocycles. The number of hydrogen-bond acceptors (Lipinski definition) is 2. The second kappa shape index (κ2) is 7.26. The molecule has 0 N–H and O–H groups in total. The van der Waals surface area contributed by atoms with Gasteiger partial charge in [-0.05, 0) is 37.1 Å². The molecule has 3 nitrogen and oxygen atoms in total. The number of benzene rings is 2. The van der Waals surface area contributed by atoms with Crippen LogP contribution in [0.15, 0.2) is 48.5 Å². The van der Waals surface area contributed by atoms with Gasteiger partial charge >= 0.3 is 0 Å². The van der Waals surface area contributed by atoms with E-state index < -0.39 is 5.60 Å². The second-order valence-electron chi connectivity index (χ2n) is 5.94. The SMILES string of the molecule is CC1(c2ccccc2)OCC(=O)N(CCCBr)c2ccc(Cl)cc21. The van der Waals surface area contributed by atoms with Gasteiger partial charge in [-0.2, -0.15) is 0 Å². The van der Waals surface area contributed by atoms with Crippen LogP contribution >= 0.6 is 27.5 Å². The number of carbonyl (C=O) groups is 1. The number of carbonyl (C=O) groups excluding carboxylic acids is 1. The van der Waals surface area contributed by atoms with E-state index in [0.717, 1.165) is 28.6 Å². The Morgan fingerprint density at radius 3 is 2.71 bits per heavy atom. The third-order valence-corrected chi connectivity index (χ3v) is 5.18. The fraction of sp³-hybridized carbons (Fsp3) is 0.316. The average molecular weight is 409 g/mol. The van der Waals surface area contributed by atoms with Crippen LogP contribution in [0, 0.1) is 0 Å². The van der Waals surface area contributed by atoms with Crippen molar-refractivity contribution in [3.63, 3.8) is 0 Å². The van der Waals surface area contributed by atoms with E-state index in [1.807, 2.05) is 55.5 Å². The standard InChI is InChI=1S/C19H19BrClNO2/c1-19(14-6-3-2-4-7-14)16-12-15(21)8-9-17(16)22(11-5-10-20)18(23)13-24-19/h2-4,6-9,12H,5,10-11,13H2,1H3. The molecule has 126 valence electrons. The molecule has 24 heavy (non-hydrogen) atoms. The van der Waals surface area contributed by atoms with Crippen LogP contribution < -0.4 is 4.90 Å². The normalized spacial score (nSPS) is 20.6. The fourth-order valence-electron chi connectivity index (χ4n) is 3.08. The lowest BCUT2D eigenvalue weighted by molar-refractivity contribution is -0.126. The predicted molar refractivity (Wildman–Crippen MR) is 101 cm³/mol. The van der Waals surface area contributed by atoms with Crippen molar-refractivity contribution in [1.29, 1.82) is 0 Å². The Morgan fingerprint density at radius 1 is 1.25 bits per heavy atom. The van der Waals surface area contributed by atoms with Gasteiger partial charge in [-0.25, -0.2) is 0 Å². The van der Waals surface area contributed by atoms with Crippen molar-refractivity contribution in [2.45, 2.75) is 18.9 Å². The number of amides is 1. The van der Waals surface area contributed by atoms with Gasteiger partial charge in [-0.15, -0.1) is 0 Å². The first-order chi connectivity index (χ1) is 11.6. The summed E-state index contributed by atoms with van der Waals surface area (Å²) >= 11 is 9.70. The Bertz CT molecular complexity index is 737. The van der Waals surface area contributed by atoms with E-state index in [1.165, 1.54) is 0 Å². The maximum absolute atomic E-state index is 12.6. The molecule has 0 bridgehead atoms. The summed E-state index contributed by atoms with van der Waals surface area (Å²) in [4.78, 5) is 14.4. The zero-order valence-corrected chi connectivity index (χ0v) is 15.8. The van der Waals surface area contributed by atoms with E-state index in [9.17, 15) is 4.79 Å². The van der Waals surface area contributed by atoms with Crippen molar-refractivity contribution in [1.82, 2.24) is 0 Å². The van der Waals surface area contributed by atoms with Gasteiger partial charge < -0.3 is 9.64 Å². The molecule has 5 heteroatoms. The molecule has 0 aliphatic carbocycles. The first-order valence-corrected chi connectivity index (χ1v) is 9.42. The monoisotopic (exact) mass is 407 g/mol. The van der Waals surface area contributed by atoms with Crippen molar-refractivity contribution >= 4 is 39.1 Å². The summed E-state index contributed by atoms with van der Waals surface area (Å²) in [5, 5.41) is 1.48. The maximum Gasteiger partial charge on any atom is 0.253 e. The summed E-state index contributed by atoms with van der Waals surface area (Å²) in [5.74, 6) is -0.0285. The van der Waals surface area contributed by atoms with Crippen LogP contribution in [-0.2, 0) is 15.1 Å². The minimum Gasteiger partial charge on any atom is -0.356 e. The van der Waals surface area contributed by atoms with Gasteiger partial charge in [0, 0.05) is 22.5 Å². The van der Waals surface area contributed by atoms with Gasteiger partial charge in [0.2, 0.25) is 0 Å². The third kappa shape index (κ3) is 3.23. The zero-order chi connectivity index (χ0) is 17.2. The fourth-order valence-corrected chi connectivity index (χ4v) is 3.50. The number of hydrogen-bond donors (Lipinski definition) is 0. The summed E-state index contributed by atoms with van der Waals surface area (Å²) in [6.07, 6.45) is 0.871. The van der Waals surface area contributed by atoms with Crippen LogP contribution in [0.2, 0.25) is 5.02 Å². The van der Waals surface area contributed by atoms with Gasteiger partial charge in [0.25, 0.3) is 5.91 Å². The van der Waals surface area contributed by atoms with Crippen LogP contribution in [0.4, 0.5) is 5.69 Å². The number of halogens is 2. The number of anilines is 1. The molecule has 1 aliphatic rings. The first-order valence-electron chi connectivity index (χ1n) is 7.92. The highest BCUT2D eigenvalue weighted by Crippen LogP contribution is 2.42. The molecular formula is C19H19BrClNO2. The van der Waals surface area contributed by atoms with Crippen molar-refractivity contribution < 1.29 is 9.53 Å². The van der Waals surface area contributed by atoms with E-state index in [-0.39, 0.29) is 12.5 Å². The summed E-state index contributed by atoms with van der Waals surface area (Å²) in [7, 11) is 0. The molecular weight excluding hydrogens is 390 g/mol. The Balaban J connectivity index is 2.16. The van der Waals surface area contributed by atoms with Crippen molar-refractivity contribution in [2.75, 3.05) is 23.4 Å². The molecule has 0 spiro atoms. The minimum absolute atomic E-state index is 0.0285. The van der Waals surface area contributed by atoms with Gasteiger partial charge in [0.05, 0.1) is 5.69 Å². The Morgan fingerprint density at radius 2 is 2.00 bits per heavy atom. The largest absolute Gasteiger partial charge is 0.356 e. The molecule has 1 atom stereocenters. The third-order valence-electron chi connectivity index (χ3n) is 4.39. The Hall–Kier alpha value is -1.36. The molecule has 1 amide bonds. The Kier molecular flexibility index (Phi) is 5.28. The number of alkyl halides is 1. The lowest BCUT2D eigenvalue weighted by Gasteiger charge is -2.31. The summed E-state index contributed by atoms with van der Waals surface area (Å²) in [6.45, 7) is 2.69. The van der Waals surface area contributed by atoms with E-state index in [1.54, 1.807) is 4.90 Å². The summed E-state index contributed by atoms with van der Waals surface area (Å²) in [6, 6.07) is 15.6. The molecule has 0 radical (unpaired) electrons. The highest BCUT2D eigenvalue weighted by Gasteiger charge is 2.38. The average Bonchev–Trinajstić information content (AvgIpc) is 2.71. The van der Waals surface area contributed by atoms with Crippen molar-refractivity contribution in [3.8, 4) is 0 Å². The first kappa shape index (κ1) is 17.5. The van der Waals surface area contributed by atoms with E-state index >= 15 is 0 Å². The number of nitrogens with zero attached hydrogens (tertiary/aromatic N) is 1. The van der Waals surface area contributed by atoms with Crippen LogP contribution in [0.3, 0.4) is 0 Å². The van der Waals surface area contributed by atoms with E-state index in [0.29, 0.717) is 11.6 Å². The highest BCUT2D eigenvalue weighted by molar-refractivity contribution is 9.09. The summed E-state index contributed by atoms with van der Waals surface area (Å²) in [5.41, 5.74) is 2.07. The quantitative estimate of drug-likeness (QED) is 0.683. The molecule has 0 fully saturated rings. The predicted octanol–water partition coefficient (Wildman–Crippen LogP) is 4.75. The van der Waals surface area contributed by atoms with Gasteiger partial charge in [0.1, 0.15) is 12.2 Å². The lowest BCUT2D eigenvalue weighted by Crippen LogP contribution is -2.34. The molecule has 1 heterocycles. The molecule has 0 saturated carbocycles. The van der Waals surface area contributed by atoms with E-state index in [2.05, 4.69) is 15.9 Å². The second-order valence-corrected chi connectivity index (χ2v) is 7.17. The van der Waals surface area contributed by atoms with Crippen molar-refractivity contribution in [3.05, 3.63) is 64.7 Å². The Labute approximate surface area is 155 Å². The topological polar surface area (TPSA) is 29.5 Å². The molecule has 1 aliphatic heterocycles. The highest BCUT2D eigenvalue weighted by atomic mass is 79.9. The van der Waals surface area contributed by atoms with Crippen molar-refractivity contribution in [2.24, 2.45) is 0 Å². The van der Waals surface area contributed by atoms with Crippen LogP contribution in [-0.4, -0.2) is 24.4 Å². The number of ether oxygens (including phenoxy) is 1. The minimum atomic E-state index is -0.722.